The fourth-order valence-corrected chi connectivity index (χ4v) is 3.44. The first-order valence-corrected chi connectivity index (χ1v) is 10.6. The minimum absolute atomic E-state index is 0.134. The number of hydrogen-bond acceptors (Lipinski definition) is 6. The molecule has 0 saturated carbocycles. The summed E-state index contributed by atoms with van der Waals surface area (Å²) in [5.74, 6) is 1.20. The number of benzene rings is 3. The van der Waals surface area contributed by atoms with Crippen molar-refractivity contribution in [1.29, 1.82) is 0 Å². The average Bonchev–Trinajstić information content (AvgIpc) is 2.84. The fraction of sp³-hybridized carbons (Fsp3) is 0.185. The number of carbonyl (C=O) groups excluding carboxylic acids is 1. The van der Waals surface area contributed by atoms with E-state index in [0.29, 0.717) is 34.6 Å². The Kier molecular flexibility index (Phi) is 6.45. The van der Waals surface area contributed by atoms with Gasteiger partial charge in [-0.3, -0.25) is 4.79 Å². The highest BCUT2D eigenvalue weighted by molar-refractivity contribution is 5.89. The first-order valence-electron chi connectivity index (χ1n) is 10.6. The standard InChI is InChI=1S/C27H24O6/c1-17(2)21-6-4-5-7-23(21)33-25-16-32-24-14-20(12-13-22(24)26(25)28)31-15-18-8-10-19(11-9-18)27(29)30-3/h4-14,16-17H,15H2,1-3H3. The molecule has 0 spiro atoms. The number of rotatable bonds is 7. The van der Waals surface area contributed by atoms with Crippen LogP contribution in [0.1, 0.15) is 41.3 Å². The summed E-state index contributed by atoms with van der Waals surface area (Å²) in [6.45, 7) is 4.44. The summed E-state index contributed by atoms with van der Waals surface area (Å²) in [6.07, 6.45) is 1.33. The molecule has 0 saturated heterocycles. The lowest BCUT2D eigenvalue weighted by atomic mass is 10.0. The first kappa shape index (κ1) is 22.1. The number of hydrogen-bond donors (Lipinski definition) is 0. The lowest BCUT2D eigenvalue weighted by molar-refractivity contribution is 0.0600. The molecule has 4 rings (SSSR count). The summed E-state index contributed by atoms with van der Waals surface area (Å²) in [4.78, 5) is 24.5. The molecule has 33 heavy (non-hydrogen) atoms. The van der Waals surface area contributed by atoms with Crippen molar-refractivity contribution in [2.75, 3.05) is 7.11 Å². The summed E-state index contributed by atoms with van der Waals surface area (Å²) < 4.78 is 22.1. The van der Waals surface area contributed by atoms with E-state index in [1.165, 1.54) is 13.4 Å². The van der Waals surface area contributed by atoms with Crippen LogP contribution in [0, 0.1) is 0 Å². The van der Waals surface area contributed by atoms with Gasteiger partial charge in [-0.2, -0.15) is 0 Å². The number of fused-ring (bicyclic) bond motifs is 1. The monoisotopic (exact) mass is 444 g/mol. The molecule has 1 aromatic heterocycles. The lowest BCUT2D eigenvalue weighted by Gasteiger charge is -2.13. The fourth-order valence-electron chi connectivity index (χ4n) is 3.44. The normalized spacial score (nSPS) is 10.9. The van der Waals surface area contributed by atoms with E-state index in [2.05, 4.69) is 13.8 Å². The van der Waals surface area contributed by atoms with Gasteiger partial charge in [-0.1, -0.05) is 44.2 Å². The summed E-state index contributed by atoms with van der Waals surface area (Å²) in [7, 11) is 1.34. The van der Waals surface area contributed by atoms with E-state index in [1.54, 1.807) is 42.5 Å². The van der Waals surface area contributed by atoms with Gasteiger partial charge in [0.15, 0.2) is 0 Å². The maximum Gasteiger partial charge on any atom is 0.337 e. The Morgan fingerprint density at radius 1 is 0.970 bits per heavy atom. The lowest BCUT2D eigenvalue weighted by Crippen LogP contribution is -2.06. The van der Waals surface area contributed by atoms with E-state index >= 15 is 0 Å². The molecular weight excluding hydrogens is 420 g/mol. The van der Waals surface area contributed by atoms with Crippen LogP contribution in [0.2, 0.25) is 0 Å². The Labute approximate surface area is 191 Å². The zero-order chi connectivity index (χ0) is 23.4. The van der Waals surface area contributed by atoms with Crippen molar-refractivity contribution in [3.8, 4) is 17.2 Å². The van der Waals surface area contributed by atoms with E-state index in [4.69, 9.17) is 18.6 Å². The van der Waals surface area contributed by atoms with Gasteiger partial charge in [0.05, 0.1) is 18.1 Å². The quantitative estimate of drug-likeness (QED) is 0.322. The van der Waals surface area contributed by atoms with Crippen molar-refractivity contribution in [3.63, 3.8) is 0 Å². The van der Waals surface area contributed by atoms with Gasteiger partial charge in [-0.25, -0.2) is 4.79 Å². The highest BCUT2D eigenvalue weighted by atomic mass is 16.5. The van der Waals surface area contributed by atoms with Crippen LogP contribution >= 0.6 is 0 Å². The molecule has 0 bridgehead atoms. The SMILES string of the molecule is COC(=O)c1ccc(COc2ccc3c(=O)c(Oc4ccccc4C(C)C)coc3c2)cc1. The largest absolute Gasteiger partial charge is 0.489 e. The van der Waals surface area contributed by atoms with Gasteiger partial charge in [0.2, 0.25) is 11.2 Å². The molecule has 0 N–H and O–H groups in total. The molecule has 0 unspecified atom stereocenters. The van der Waals surface area contributed by atoms with Gasteiger partial charge in [-0.15, -0.1) is 0 Å². The van der Waals surface area contributed by atoms with Crippen molar-refractivity contribution in [1.82, 2.24) is 0 Å². The van der Waals surface area contributed by atoms with E-state index in [0.717, 1.165) is 11.1 Å². The third-order valence-corrected chi connectivity index (χ3v) is 5.26. The molecule has 6 nitrogen and oxygen atoms in total. The second-order valence-electron chi connectivity index (χ2n) is 7.86. The second-order valence-corrected chi connectivity index (χ2v) is 7.86. The summed E-state index contributed by atoms with van der Waals surface area (Å²) in [5.41, 5.74) is 2.53. The Hall–Kier alpha value is -4.06. The van der Waals surface area contributed by atoms with Gasteiger partial charge in [0, 0.05) is 6.07 Å². The minimum atomic E-state index is -0.386. The van der Waals surface area contributed by atoms with Gasteiger partial charge in [-0.05, 0) is 47.4 Å². The molecule has 0 atom stereocenters. The van der Waals surface area contributed by atoms with Crippen LogP contribution in [-0.2, 0) is 11.3 Å². The molecule has 0 radical (unpaired) electrons. The molecule has 0 fully saturated rings. The van der Waals surface area contributed by atoms with E-state index in [-0.39, 0.29) is 23.1 Å². The third-order valence-electron chi connectivity index (χ3n) is 5.26. The Morgan fingerprint density at radius 3 is 2.45 bits per heavy atom. The van der Waals surface area contributed by atoms with E-state index in [1.807, 2.05) is 24.3 Å². The van der Waals surface area contributed by atoms with Crippen LogP contribution in [-0.4, -0.2) is 13.1 Å². The highest BCUT2D eigenvalue weighted by Gasteiger charge is 2.13. The van der Waals surface area contributed by atoms with Crippen molar-refractivity contribution in [2.24, 2.45) is 0 Å². The number of ether oxygens (including phenoxy) is 3. The van der Waals surface area contributed by atoms with Crippen LogP contribution in [0.25, 0.3) is 11.0 Å². The Bertz CT molecular complexity index is 1340. The predicted octanol–water partition coefficient (Wildman–Crippen LogP) is 6.07. The van der Waals surface area contributed by atoms with Crippen LogP contribution in [0.5, 0.6) is 17.2 Å². The highest BCUT2D eigenvalue weighted by Crippen LogP contribution is 2.30. The molecule has 168 valence electrons. The number of carbonyl (C=O) groups is 1. The Morgan fingerprint density at radius 2 is 1.73 bits per heavy atom. The average molecular weight is 444 g/mol. The summed E-state index contributed by atoms with van der Waals surface area (Å²) in [6, 6.07) is 19.7. The van der Waals surface area contributed by atoms with Crippen LogP contribution in [0.3, 0.4) is 0 Å². The van der Waals surface area contributed by atoms with Crippen molar-refractivity contribution >= 4 is 16.9 Å². The molecule has 0 aliphatic carbocycles. The van der Waals surface area contributed by atoms with Gasteiger partial charge < -0.3 is 18.6 Å². The van der Waals surface area contributed by atoms with Crippen molar-refractivity contribution < 1.29 is 23.4 Å². The summed E-state index contributed by atoms with van der Waals surface area (Å²) in [5, 5.41) is 0.407. The van der Waals surface area contributed by atoms with Gasteiger partial charge in [0.25, 0.3) is 0 Å². The molecule has 6 heteroatoms. The zero-order valence-electron chi connectivity index (χ0n) is 18.7. The molecule has 0 aliphatic rings. The van der Waals surface area contributed by atoms with Crippen molar-refractivity contribution in [2.45, 2.75) is 26.4 Å². The maximum absolute atomic E-state index is 13.0. The zero-order valence-corrected chi connectivity index (χ0v) is 18.7. The topological polar surface area (TPSA) is 75.0 Å². The maximum atomic E-state index is 13.0. The van der Waals surface area contributed by atoms with Gasteiger partial charge >= 0.3 is 5.97 Å². The molecule has 4 aromatic rings. The van der Waals surface area contributed by atoms with Crippen molar-refractivity contribution in [3.05, 3.63) is 99.9 Å². The van der Waals surface area contributed by atoms with E-state index < -0.39 is 0 Å². The predicted molar refractivity (Wildman–Crippen MR) is 125 cm³/mol. The molecule has 3 aromatic carbocycles. The third kappa shape index (κ3) is 4.90. The first-order chi connectivity index (χ1) is 16.0. The minimum Gasteiger partial charge on any atom is -0.489 e. The van der Waals surface area contributed by atoms with Crippen LogP contribution in [0.15, 0.2) is 82.2 Å². The van der Waals surface area contributed by atoms with Crippen LogP contribution in [0.4, 0.5) is 0 Å². The number of methoxy groups -OCH3 is 1. The summed E-state index contributed by atoms with van der Waals surface area (Å²) >= 11 is 0. The smallest absolute Gasteiger partial charge is 0.337 e. The van der Waals surface area contributed by atoms with Gasteiger partial charge in [0.1, 0.15) is 30.0 Å². The second kappa shape index (κ2) is 9.61. The Balaban J connectivity index is 1.51. The molecule has 1 heterocycles. The number of para-hydroxylation sites is 1. The van der Waals surface area contributed by atoms with Crippen LogP contribution < -0.4 is 14.9 Å². The van der Waals surface area contributed by atoms with E-state index in [9.17, 15) is 9.59 Å². The molecular formula is C27H24O6. The number of esters is 1. The molecule has 0 aliphatic heterocycles. The molecule has 0 amide bonds.